The summed E-state index contributed by atoms with van der Waals surface area (Å²) in [6.07, 6.45) is 5.01. The molecule has 4 rings (SSSR count). The molecule has 1 aliphatic heterocycles. The van der Waals surface area contributed by atoms with Crippen molar-refractivity contribution in [2.24, 2.45) is 10.7 Å². The van der Waals surface area contributed by atoms with Gasteiger partial charge in [-0.15, -0.1) is 0 Å². The van der Waals surface area contributed by atoms with Gasteiger partial charge in [-0.1, -0.05) is 17.7 Å². The number of fused-ring (bicyclic) bond motifs is 1. The van der Waals surface area contributed by atoms with Crippen LogP contribution in [0.4, 0.5) is 11.4 Å². The average molecular weight is 467 g/mol. The molecule has 2 heterocycles. The molecule has 0 atom stereocenters. The Morgan fingerprint density at radius 3 is 2.69 bits per heavy atom. The molecule has 0 saturated carbocycles. The van der Waals surface area contributed by atoms with Gasteiger partial charge in [0.2, 0.25) is 5.91 Å². The number of nitrogens with one attached hydrogen (secondary N) is 2. The second-order valence-corrected chi connectivity index (χ2v) is 9.07. The fourth-order valence-corrected chi connectivity index (χ4v) is 3.77. The summed E-state index contributed by atoms with van der Waals surface area (Å²) in [7, 11) is 0. The van der Waals surface area contributed by atoms with Gasteiger partial charge in [0.05, 0.1) is 32.2 Å². The van der Waals surface area contributed by atoms with E-state index in [9.17, 15) is 9.59 Å². The summed E-state index contributed by atoms with van der Waals surface area (Å²) >= 11 is 7.46. The lowest BCUT2D eigenvalue weighted by Crippen LogP contribution is -2.45. The van der Waals surface area contributed by atoms with E-state index >= 15 is 0 Å². The third-order valence-electron chi connectivity index (χ3n) is 4.45. The van der Waals surface area contributed by atoms with Crippen LogP contribution in [0.1, 0.15) is 19.4 Å². The Kier molecular flexibility index (Phi) is 5.96. The van der Waals surface area contributed by atoms with Crippen LogP contribution in [0.5, 0.6) is 0 Å². The van der Waals surface area contributed by atoms with E-state index in [2.05, 4.69) is 25.6 Å². The van der Waals surface area contributed by atoms with Crippen molar-refractivity contribution in [1.82, 2.24) is 15.3 Å². The van der Waals surface area contributed by atoms with Crippen molar-refractivity contribution < 1.29 is 9.59 Å². The monoisotopic (exact) mass is 466 g/mol. The lowest BCUT2D eigenvalue weighted by Gasteiger charge is -2.18. The fourth-order valence-electron chi connectivity index (χ4n) is 2.78. The number of hydrogen-bond donors (Lipinski definition) is 3. The molecule has 3 aromatic rings. The number of anilines is 1. The molecule has 8 nitrogen and oxygen atoms in total. The highest BCUT2D eigenvalue weighted by molar-refractivity contribution is 8.18. The van der Waals surface area contributed by atoms with Crippen LogP contribution in [0.15, 0.2) is 58.7 Å². The highest BCUT2D eigenvalue weighted by atomic mass is 35.5. The van der Waals surface area contributed by atoms with Crippen molar-refractivity contribution in [3.05, 3.63) is 64.3 Å². The van der Waals surface area contributed by atoms with Gasteiger partial charge >= 0.3 is 0 Å². The van der Waals surface area contributed by atoms with Gasteiger partial charge < -0.3 is 16.4 Å². The van der Waals surface area contributed by atoms with Crippen LogP contribution >= 0.6 is 23.4 Å². The predicted octanol–water partition coefficient (Wildman–Crippen LogP) is 3.85. The number of nitrogens with two attached hydrogens (primary N) is 1. The molecule has 32 heavy (non-hydrogen) atoms. The number of carbonyl (C=O) groups excluding carboxylic acids is 2. The highest BCUT2D eigenvalue weighted by Gasteiger charge is 2.25. The van der Waals surface area contributed by atoms with E-state index in [1.165, 1.54) is 11.8 Å². The number of amides is 2. The zero-order valence-electron chi connectivity index (χ0n) is 17.2. The smallest absolute Gasteiger partial charge is 0.264 e. The van der Waals surface area contributed by atoms with E-state index in [0.717, 1.165) is 16.6 Å². The first-order valence-corrected chi connectivity index (χ1v) is 10.8. The Bertz CT molecular complexity index is 1300. The number of thioether (sulfide) groups is 1. The number of amidine groups is 1. The summed E-state index contributed by atoms with van der Waals surface area (Å²) in [5.41, 5.74) is 8.04. The topological polar surface area (TPSA) is 122 Å². The first-order chi connectivity index (χ1) is 15.2. The van der Waals surface area contributed by atoms with Crippen LogP contribution in [-0.4, -0.2) is 32.5 Å². The minimum absolute atomic E-state index is 0.265. The average Bonchev–Trinajstić information content (AvgIpc) is 3.08. The molecule has 0 bridgehead atoms. The number of aromatic nitrogens is 2. The van der Waals surface area contributed by atoms with Crippen LogP contribution in [-0.2, 0) is 9.59 Å². The summed E-state index contributed by atoms with van der Waals surface area (Å²) in [5, 5.41) is 6.22. The Labute approximate surface area is 193 Å². The molecule has 1 fully saturated rings. The molecule has 1 saturated heterocycles. The first kappa shape index (κ1) is 21.9. The SMILES string of the molecule is CC(C)(N)C(=O)Nc1ccc(Cl)c(N=C2NC(=O)/C(=C/c3ccc4nccnc4c3)S2)c1. The zero-order valence-corrected chi connectivity index (χ0v) is 18.8. The fraction of sp³-hybridized carbons (Fsp3) is 0.136. The Hall–Kier alpha value is -3.27. The van der Waals surface area contributed by atoms with Crippen LogP contribution in [0.3, 0.4) is 0 Å². The van der Waals surface area contributed by atoms with Crippen molar-refractivity contribution in [2.75, 3.05) is 5.32 Å². The van der Waals surface area contributed by atoms with Crippen LogP contribution in [0.25, 0.3) is 17.1 Å². The van der Waals surface area contributed by atoms with Crippen LogP contribution < -0.4 is 16.4 Å². The summed E-state index contributed by atoms with van der Waals surface area (Å²) in [4.78, 5) is 38.0. The van der Waals surface area contributed by atoms with Crippen molar-refractivity contribution in [3.63, 3.8) is 0 Å². The second-order valence-electron chi connectivity index (χ2n) is 7.63. The lowest BCUT2D eigenvalue weighted by atomic mass is 10.1. The molecule has 0 spiro atoms. The highest BCUT2D eigenvalue weighted by Crippen LogP contribution is 2.33. The summed E-state index contributed by atoms with van der Waals surface area (Å²) in [5.74, 6) is -0.606. The van der Waals surface area contributed by atoms with Crippen molar-refractivity contribution >= 4 is 68.8 Å². The number of aliphatic imine (C=N–C) groups is 1. The summed E-state index contributed by atoms with van der Waals surface area (Å²) in [6, 6.07) is 10.5. The van der Waals surface area contributed by atoms with E-state index < -0.39 is 5.54 Å². The Morgan fingerprint density at radius 1 is 1.19 bits per heavy atom. The number of hydrogen-bond acceptors (Lipinski definition) is 7. The molecule has 0 radical (unpaired) electrons. The third-order valence-corrected chi connectivity index (χ3v) is 5.68. The van der Waals surface area contributed by atoms with Gasteiger partial charge in [-0.25, -0.2) is 4.99 Å². The number of rotatable bonds is 4. The van der Waals surface area contributed by atoms with Gasteiger partial charge in [-0.2, -0.15) is 0 Å². The minimum atomic E-state index is -1.03. The van der Waals surface area contributed by atoms with Gasteiger partial charge in [0.15, 0.2) is 5.17 Å². The van der Waals surface area contributed by atoms with Gasteiger partial charge in [0.1, 0.15) is 0 Å². The Morgan fingerprint density at radius 2 is 1.94 bits per heavy atom. The Balaban J connectivity index is 1.57. The van der Waals surface area contributed by atoms with Crippen LogP contribution in [0.2, 0.25) is 5.02 Å². The van der Waals surface area contributed by atoms with Gasteiger partial charge in [-0.3, -0.25) is 19.6 Å². The van der Waals surface area contributed by atoms with Crippen LogP contribution in [0, 0.1) is 0 Å². The molecule has 2 aromatic carbocycles. The van der Waals surface area contributed by atoms with Gasteiger partial charge in [0.25, 0.3) is 5.91 Å². The largest absolute Gasteiger partial charge is 0.324 e. The maximum atomic E-state index is 12.4. The molecule has 2 amide bonds. The van der Waals surface area contributed by atoms with Crippen molar-refractivity contribution in [3.8, 4) is 0 Å². The van der Waals surface area contributed by atoms with Gasteiger partial charge in [0, 0.05) is 18.1 Å². The van der Waals surface area contributed by atoms with E-state index in [0.29, 0.717) is 26.5 Å². The molecule has 0 aliphatic carbocycles. The third kappa shape index (κ3) is 4.96. The number of nitrogens with zero attached hydrogens (tertiary/aromatic N) is 3. The molecule has 0 unspecified atom stereocenters. The van der Waals surface area contributed by atoms with Crippen molar-refractivity contribution in [2.45, 2.75) is 19.4 Å². The molecular weight excluding hydrogens is 448 g/mol. The van der Waals surface area contributed by atoms with E-state index in [-0.39, 0.29) is 11.8 Å². The second kappa shape index (κ2) is 8.70. The molecular formula is C22H19ClN6O2S. The molecule has 4 N–H and O–H groups in total. The summed E-state index contributed by atoms with van der Waals surface area (Å²) < 4.78 is 0. The van der Waals surface area contributed by atoms with Gasteiger partial charge in [-0.05, 0) is 67.6 Å². The van der Waals surface area contributed by atoms with E-state index in [1.807, 2.05) is 18.2 Å². The van der Waals surface area contributed by atoms with E-state index in [4.69, 9.17) is 17.3 Å². The first-order valence-electron chi connectivity index (χ1n) is 9.59. The number of halogens is 1. The predicted molar refractivity (Wildman–Crippen MR) is 129 cm³/mol. The minimum Gasteiger partial charge on any atom is -0.324 e. The summed E-state index contributed by atoms with van der Waals surface area (Å²) in [6.45, 7) is 3.22. The molecule has 10 heteroatoms. The quantitative estimate of drug-likeness (QED) is 0.502. The maximum Gasteiger partial charge on any atom is 0.264 e. The number of benzene rings is 2. The van der Waals surface area contributed by atoms with Crippen molar-refractivity contribution in [1.29, 1.82) is 0 Å². The zero-order chi connectivity index (χ0) is 22.9. The normalized spacial score (nSPS) is 16.6. The standard InChI is InChI=1S/C22H19ClN6O2S/c1-22(2,24)20(31)27-13-4-5-14(23)16(11-13)28-21-29-19(30)18(32-21)10-12-3-6-15-17(9-12)26-8-7-25-15/h3-11H,24H2,1-2H3,(H,27,31)(H,28,29,30)/b18-10-. The molecule has 1 aromatic heterocycles. The maximum absolute atomic E-state index is 12.4. The van der Waals surface area contributed by atoms with E-state index in [1.54, 1.807) is 50.5 Å². The lowest BCUT2D eigenvalue weighted by molar-refractivity contribution is -0.120. The molecule has 1 aliphatic rings. The number of carbonyl (C=O) groups is 2. The molecule has 162 valence electrons.